The van der Waals surface area contributed by atoms with Crippen molar-refractivity contribution in [3.63, 3.8) is 0 Å². The van der Waals surface area contributed by atoms with Gasteiger partial charge in [0.15, 0.2) is 0 Å². The molecule has 1 amide bonds. The summed E-state index contributed by atoms with van der Waals surface area (Å²) in [4.78, 5) is 13.3. The number of methoxy groups -OCH3 is 1. The molecule has 0 heterocycles. The molecule has 2 N–H and O–H groups in total. The number of nitrogens with zero attached hydrogens (tertiary/aromatic N) is 1. The largest absolute Gasteiger partial charge is 0.496 e. The topological polar surface area (TPSA) is 55.6 Å². The maximum atomic E-state index is 11.6. The summed E-state index contributed by atoms with van der Waals surface area (Å²) in [6.45, 7) is 4.24. The summed E-state index contributed by atoms with van der Waals surface area (Å²) >= 11 is 0. The average Bonchev–Trinajstić information content (AvgIpc) is 2.28. The van der Waals surface area contributed by atoms with E-state index >= 15 is 0 Å². The van der Waals surface area contributed by atoms with Gasteiger partial charge in [0, 0.05) is 13.6 Å². The van der Waals surface area contributed by atoms with Gasteiger partial charge >= 0.3 is 0 Å². The minimum atomic E-state index is -0.459. The van der Waals surface area contributed by atoms with Crippen LogP contribution in [0.4, 0.5) is 0 Å². The van der Waals surface area contributed by atoms with Crippen molar-refractivity contribution < 1.29 is 9.53 Å². The van der Waals surface area contributed by atoms with E-state index < -0.39 is 6.04 Å². The Labute approximate surface area is 102 Å². The third-order valence-corrected chi connectivity index (χ3v) is 2.64. The van der Waals surface area contributed by atoms with Crippen LogP contribution in [0.15, 0.2) is 18.2 Å². The van der Waals surface area contributed by atoms with Gasteiger partial charge < -0.3 is 15.4 Å². The number of nitrogens with two attached hydrogens (primary N) is 1. The lowest BCUT2D eigenvalue weighted by atomic mass is 10.1. The molecule has 1 atom stereocenters. The van der Waals surface area contributed by atoms with E-state index in [1.54, 1.807) is 26.0 Å². The highest BCUT2D eigenvalue weighted by molar-refractivity contribution is 5.80. The van der Waals surface area contributed by atoms with Crippen LogP contribution in [-0.4, -0.2) is 31.0 Å². The number of carbonyl (C=O) groups is 1. The first-order valence-electron chi connectivity index (χ1n) is 5.59. The number of carbonyl (C=O) groups excluding carboxylic acids is 1. The van der Waals surface area contributed by atoms with Crippen LogP contribution in [0.2, 0.25) is 0 Å². The first-order valence-corrected chi connectivity index (χ1v) is 5.59. The molecule has 0 aliphatic heterocycles. The number of benzene rings is 1. The van der Waals surface area contributed by atoms with Crippen LogP contribution in [0, 0.1) is 6.92 Å². The molecule has 0 aliphatic carbocycles. The number of ether oxygens (including phenoxy) is 1. The fraction of sp³-hybridized carbons (Fsp3) is 0.462. The second kappa shape index (κ2) is 5.68. The molecule has 1 unspecified atom stereocenters. The zero-order valence-electron chi connectivity index (χ0n) is 10.9. The molecule has 17 heavy (non-hydrogen) atoms. The molecule has 0 spiro atoms. The molecule has 0 aromatic heterocycles. The van der Waals surface area contributed by atoms with Crippen molar-refractivity contribution in [2.24, 2.45) is 5.73 Å². The Morgan fingerprint density at radius 1 is 1.53 bits per heavy atom. The number of likely N-dealkylation sites (N-methyl/N-ethyl adjacent to an activating group) is 1. The first-order chi connectivity index (χ1) is 7.95. The third kappa shape index (κ3) is 3.46. The smallest absolute Gasteiger partial charge is 0.239 e. The van der Waals surface area contributed by atoms with E-state index in [1.165, 1.54) is 0 Å². The predicted octanol–water partition coefficient (Wildman–Crippen LogP) is 1.31. The number of hydrogen-bond acceptors (Lipinski definition) is 3. The van der Waals surface area contributed by atoms with Crippen LogP contribution in [-0.2, 0) is 11.3 Å². The van der Waals surface area contributed by atoms with Gasteiger partial charge in [0.25, 0.3) is 0 Å². The second-order valence-corrected chi connectivity index (χ2v) is 4.29. The Hall–Kier alpha value is -1.55. The highest BCUT2D eigenvalue weighted by Crippen LogP contribution is 2.19. The van der Waals surface area contributed by atoms with Gasteiger partial charge in [-0.1, -0.05) is 12.1 Å². The van der Waals surface area contributed by atoms with Gasteiger partial charge in [0.05, 0.1) is 13.2 Å². The molecule has 94 valence electrons. The highest BCUT2D eigenvalue weighted by atomic mass is 16.5. The summed E-state index contributed by atoms with van der Waals surface area (Å²) in [5.41, 5.74) is 7.69. The predicted molar refractivity (Wildman–Crippen MR) is 67.9 cm³/mol. The van der Waals surface area contributed by atoms with E-state index in [4.69, 9.17) is 10.5 Å². The molecule has 1 aromatic carbocycles. The van der Waals surface area contributed by atoms with Crippen molar-refractivity contribution in [3.8, 4) is 5.75 Å². The van der Waals surface area contributed by atoms with Crippen molar-refractivity contribution in [1.82, 2.24) is 4.90 Å². The van der Waals surface area contributed by atoms with Gasteiger partial charge in [-0.3, -0.25) is 4.79 Å². The van der Waals surface area contributed by atoms with Crippen molar-refractivity contribution >= 4 is 5.91 Å². The molecule has 0 saturated carbocycles. The van der Waals surface area contributed by atoms with E-state index in [0.717, 1.165) is 16.9 Å². The Balaban J connectivity index is 2.75. The van der Waals surface area contributed by atoms with Gasteiger partial charge in [0.2, 0.25) is 5.91 Å². The molecular weight excluding hydrogens is 216 g/mol. The van der Waals surface area contributed by atoms with Crippen LogP contribution < -0.4 is 10.5 Å². The lowest BCUT2D eigenvalue weighted by molar-refractivity contribution is -0.131. The Morgan fingerprint density at radius 2 is 2.18 bits per heavy atom. The maximum Gasteiger partial charge on any atom is 0.239 e. The van der Waals surface area contributed by atoms with E-state index in [-0.39, 0.29) is 5.91 Å². The monoisotopic (exact) mass is 236 g/mol. The van der Waals surface area contributed by atoms with Crippen LogP contribution in [0.5, 0.6) is 5.75 Å². The average molecular weight is 236 g/mol. The zero-order valence-corrected chi connectivity index (χ0v) is 10.9. The lowest BCUT2D eigenvalue weighted by Crippen LogP contribution is -2.39. The SMILES string of the molecule is COc1ccc(CN(C)C(=O)C(C)N)cc1C. The van der Waals surface area contributed by atoms with Gasteiger partial charge in [-0.25, -0.2) is 0 Å². The summed E-state index contributed by atoms with van der Waals surface area (Å²) in [5, 5.41) is 0. The summed E-state index contributed by atoms with van der Waals surface area (Å²) in [6.07, 6.45) is 0. The van der Waals surface area contributed by atoms with Crippen molar-refractivity contribution in [3.05, 3.63) is 29.3 Å². The molecule has 0 bridgehead atoms. The molecule has 4 heteroatoms. The Bertz CT molecular complexity index is 402. The molecular formula is C13H20N2O2. The number of hydrogen-bond donors (Lipinski definition) is 1. The molecule has 1 rings (SSSR count). The van der Waals surface area contributed by atoms with E-state index in [0.29, 0.717) is 6.54 Å². The molecule has 4 nitrogen and oxygen atoms in total. The minimum absolute atomic E-state index is 0.0570. The Morgan fingerprint density at radius 3 is 2.65 bits per heavy atom. The highest BCUT2D eigenvalue weighted by Gasteiger charge is 2.13. The normalized spacial score (nSPS) is 12.1. The van der Waals surface area contributed by atoms with Gasteiger partial charge in [0.1, 0.15) is 5.75 Å². The maximum absolute atomic E-state index is 11.6. The quantitative estimate of drug-likeness (QED) is 0.857. The molecule has 0 radical (unpaired) electrons. The standard InChI is InChI=1S/C13H20N2O2/c1-9-7-11(5-6-12(9)17-4)8-15(3)13(16)10(2)14/h5-7,10H,8,14H2,1-4H3. The zero-order chi connectivity index (χ0) is 13.0. The van der Waals surface area contributed by atoms with E-state index in [1.807, 2.05) is 25.1 Å². The van der Waals surface area contributed by atoms with Crippen molar-refractivity contribution in [2.45, 2.75) is 26.4 Å². The molecule has 0 fully saturated rings. The number of amides is 1. The van der Waals surface area contributed by atoms with Gasteiger partial charge in [-0.2, -0.15) is 0 Å². The van der Waals surface area contributed by atoms with E-state index in [9.17, 15) is 4.79 Å². The van der Waals surface area contributed by atoms with E-state index in [2.05, 4.69) is 0 Å². The fourth-order valence-electron chi connectivity index (χ4n) is 1.74. The van der Waals surface area contributed by atoms with Crippen LogP contribution in [0.1, 0.15) is 18.1 Å². The Kier molecular flexibility index (Phi) is 4.52. The summed E-state index contributed by atoms with van der Waals surface area (Å²) < 4.78 is 5.19. The first kappa shape index (κ1) is 13.5. The van der Waals surface area contributed by atoms with Crippen molar-refractivity contribution in [1.29, 1.82) is 0 Å². The summed E-state index contributed by atoms with van der Waals surface area (Å²) in [6, 6.07) is 5.43. The number of rotatable bonds is 4. The van der Waals surface area contributed by atoms with Crippen LogP contribution in [0.25, 0.3) is 0 Å². The van der Waals surface area contributed by atoms with Crippen LogP contribution in [0.3, 0.4) is 0 Å². The molecule has 1 aromatic rings. The minimum Gasteiger partial charge on any atom is -0.496 e. The van der Waals surface area contributed by atoms with Crippen LogP contribution >= 0.6 is 0 Å². The fourth-order valence-corrected chi connectivity index (χ4v) is 1.74. The lowest BCUT2D eigenvalue weighted by Gasteiger charge is -2.19. The summed E-state index contributed by atoms with van der Waals surface area (Å²) in [5.74, 6) is 0.799. The molecule has 0 aliphatic rings. The van der Waals surface area contributed by atoms with Gasteiger partial charge in [-0.05, 0) is 31.0 Å². The second-order valence-electron chi connectivity index (χ2n) is 4.29. The van der Waals surface area contributed by atoms with Crippen molar-refractivity contribution in [2.75, 3.05) is 14.2 Å². The summed E-state index contributed by atoms with van der Waals surface area (Å²) in [7, 11) is 3.40. The molecule has 0 saturated heterocycles. The van der Waals surface area contributed by atoms with Gasteiger partial charge in [-0.15, -0.1) is 0 Å². The third-order valence-electron chi connectivity index (χ3n) is 2.64. The number of aryl methyl sites for hydroxylation is 1.